The van der Waals surface area contributed by atoms with Crippen molar-refractivity contribution in [2.45, 2.75) is 85.6 Å². The second kappa shape index (κ2) is 7.88. The molecule has 0 radical (unpaired) electrons. The maximum absolute atomic E-state index is 4.85. The summed E-state index contributed by atoms with van der Waals surface area (Å²) in [4.78, 5) is 9.69. The number of hydrogen-bond acceptors (Lipinski definition) is 3. The van der Waals surface area contributed by atoms with Gasteiger partial charge < -0.3 is 5.32 Å². The first kappa shape index (κ1) is 18.1. The molecule has 1 N–H and O–H groups in total. The minimum atomic E-state index is 0.163. The molecule has 0 aliphatic rings. The molecule has 0 fully saturated rings. The Balaban J connectivity index is 3.01. The molecule has 0 aliphatic heterocycles. The predicted molar refractivity (Wildman–Crippen MR) is 91.0 cm³/mol. The summed E-state index contributed by atoms with van der Waals surface area (Å²) < 4.78 is 0. The quantitative estimate of drug-likeness (QED) is 0.823. The third-order valence-corrected chi connectivity index (χ3v) is 3.95. The zero-order chi connectivity index (χ0) is 16.0. The molecule has 0 amide bonds. The summed E-state index contributed by atoms with van der Waals surface area (Å²) in [5, 5.41) is 3.57. The van der Waals surface area contributed by atoms with Gasteiger partial charge in [0.1, 0.15) is 5.82 Å². The van der Waals surface area contributed by atoms with Crippen molar-refractivity contribution in [1.82, 2.24) is 15.3 Å². The monoisotopic (exact) mass is 291 g/mol. The SMILES string of the molecule is CCc1nc(C(C)CC)nc(CC)c1CCNC(C)(C)C. The van der Waals surface area contributed by atoms with Crippen LogP contribution in [0.5, 0.6) is 0 Å². The zero-order valence-corrected chi connectivity index (χ0v) is 15.0. The van der Waals surface area contributed by atoms with Crippen LogP contribution in [0, 0.1) is 0 Å². The first-order valence-corrected chi connectivity index (χ1v) is 8.45. The van der Waals surface area contributed by atoms with E-state index >= 15 is 0 Å². The Kier molecular flexibility index (Phi) is 6.79. The van der Waals surface area contributed by atoms with Gasteiger partial charge in [0.25, 0.3) is 0 Å². The molecule has 3 nitrogen and oxygen atoms in total. The van der Waals surface area contributed by atoms with Crippen LogP contribution in [0.15, 0.2) is 0 Å². The molecule has 1 atom stereocenters. The highest BCUT2D eigenvalue weighted by Gasteiger charge is 2.16. The van der Waals surface area contributed by atoms with E-state index in [0.717, 1.165) is 38.1 Å². The molecular formula is C18H33N3. The summed E-state index contributed by atoms with van der Waals surface area (Å²) in [5.41, 5.74) is 4.01. The molecule has 1 rings (SSSR count). The molecule has 0 spiro atoms. The first-order chi connectivity index (χ1) is 9.82. The highest BCUT2D eigenvalue weighted by atomic mass is 14.9. The van der Waals surface area contributed by atoms with Crippen molar-refractivity contribution < 1.29 is 0 Å². The average Bonchev–Trinajstić information content (AvgIpc) is 2.44. The topological polar surface area (TPSA) is 37.8 Å². The highest BCUT2D eigenvalue weighted by molar-refractivity contribution is 5.27. The second-order valence-electron chi connectivity index (χ2n) is 6.90. The van der Waals surface area contributed by atoms with Crippen LogP contribution in [0.4, 0.5) is 0 Å². The van der Waals surface area contributed by atoms with Crippen molar-refractivity contribution in [2.75, 3.05) is 6.54 Å². The molecule has 0 aromatic carbocycles. The Morgan fingerprint density at radius 1 is 1.00 bits per heavy atom. The van der Waals surface area contributed by atoms with Crippen LogP contribution in [-0.4, -0.2) is 22.1 Å². The van der Waals surface area contributed by atoms with Gasteiger partial charge in [0, 0.05) is 22.8 Å². The van der Waals surface area contributed by atoms with Crippen molar-refractivity contribution in [1.29, 1.82) is 0 Å². The van der Waals surface area contributed by atoms with E-state index in [-0.39, 0.29) is 5.54 Å². The van der Waals surface area contributed by atoms with Gasteiger partial charge in [-0.1, -0.05) is 27.7 Å². The molecule has 0 aliphatic carbocycles. The van der Waals surface area contributed by atoms with Gasteiger partial charge in [-0.05, 0) is 58.6 Å². The minimum Gasteiger partial charge on any atom is -0.312 e. The fraction of sp³-hybridized carbons (Fsp3) is 0.778. The zero-order valence-electron chi connectivity index (χ0n) is 15.0. The Bertz CT molecular complexity index is 421. The Morgan fingerprint density at radius 2 is 1.52 bits per heavy atom. The summed E-state index contributed by atoms with van der Waals surface area (Å²) >= 11 is 0. The Hall–Kier alpha value is -0.960. The lowest BCUT2D eigenvalue weighted by Crippen LogP contribution is -2.37. The van der Waals surface area contributed by atoms with Gasteiger partial charge in [-0.3, -0.25) is 0 Å². The van der Waals surface area contributed by atoms with E-state index in [9.17, 15) is 0 Å². The summed E-state index contributed by atoms with van der Waals surface area (Å²) in [6, 6.07) is 0. The Labute approximate surface area is 131 Å². The van der Waals surface area contributed by atoms with E-state index < -0.39 is 0 Å². The number of nitrogens with zero attached hydrogens (tertiary/aromatic N) is 2. The second-order valence-corrected chi connectivity index (χ2v) is 6.90. The first-order valence-electron chi connectivity index (χ1n) is 8.45. The normalized spacial score (nSPS) is 13.5. The van der Waals surface area contributed by atoms with Crippen molar-refractivity contribution in [3.05, 3.63) is 22.8 Å². The van der Waals surface area contributed by atoms with Crippen molar-refractivity contribution in [3.8, 4) is 0 Å². The number of rotatable bonds is 7. The molecule has 120 valence electrons. The van der Waals surface area contributed by atoms with Crippen LogP contribution in [0.3, 0.4) is 0 Å². The highest BCUT2D eigenvalue weighted by Crippen LogP contribution is 2.20. The molecular weight excluding hydrogens is 258 g/mol. The molecule has 0 bridgehead atoms. The molecule has 0 saturated carbocycles. The lowest BCUT2D eigenvalue weighted by Gasteiger charge is -2.22. The van der Waals surface area contributed by atoms with Crippen molar-refractivity contribution in [2.24, 2.45) is 0 Å². The summed E-state index contributed by atoms with van der Waals surface area (Å²) in [6.45, 7) is 16.4. The maximum Gasteiger partial charge on any atom is 0.131 e. The van der Waals surface area contributed by atoms with E-state index in [4.69, 9.17) is 9.97 Å². The molecule has 1 aromatic rings. The third kappa shape index (κ3) is 5.39. The maximum atomic E-state index is 4.85. The lowest BCUT2D eigenvalue weighted by atomic mass is 10.0. The van der Waals surface area contributed by atoms with E-state index in [1.807, 2.05) is 0 Å². The molecule has 1 unspecified atom stereocenters. The van der Waals surface area contributed by atoms with Gasteiger partial charge in [-0.15, -0.1) is 0 Å². The number of nitrogens with one attached hydrogen (secondary N) is 1. The van der Waals surface area contributed by atoms with Gasteiger partial charge in [-0.25, -0.2) is 9.97 Å². The molecule has 0 saturated heterocycles. The van der Waals surface area contributed by atoms with Gasteiger partial charge in [0.2, 0.25) is 0 Å². The van der Waals surface area contributed by atoms with Gasteiger partial charge >= 0.3 is 0 Å². The van der Waals surface area contributed by atoms with Crippen LogP contribution >= 0.6 is 0 Å². The largest absolute Gasteiger partial charge is 0.312 e. The number of hydrogen-bond donors (Lipinski definition) is 1. The lowest BCUT2D eigenvalue weighted by molar-refractivity contribution is 0.428. The molecule has 1 heterocycles. The fourth-order valence-corrected chi connectivity index (χ4v) is 2.44. The van der Waals surface area contributed by atoms with Crippen LogP contribution in [0.1, 0.15) is 83.6 Å². The van der Waals surface area contributed by atoms with Gasteiger partial charge in [0.15, 0.2) is 0 Å². The van der Waals surface area contributed by atoms with Crippen LogP contribution in [0.25, 0.3) is 0 Å². The van der Waals surface area contributed by atoms with Gasteiger partial charge in [-0.2, -0.15) is 0 Å². The fourth-order valence-electron chi connectivity index (χ4n) is 2.44. The minimum absolute atomic E-state index is 0.163. The third-order valence-electron chi connectivity index (χ3n) is 3.95. The predicted octanol–water partition coefficient (Wildman–Crippen LogP) is 4.05. The van der Waals surface area contributed by atoms with Crippen molar-refractivity contribution >= 4 is 0 Å². The van der Waals surface area contributed by atoms with Crippen LogP contribution < -0.4 is 5.32 Å². The molecule has 1 aromatic heterocycles. The molecule has 21 heavy (non-hydrogen) atoms. The standard InChI is InChI=1S/C18H33N3/c1-8-13(4)17-20-15(9-2)14(16(10-3)21-17)11-12-19-18(5,6)7/h13,19H,8-12H2,1-7H3. The summed E-state index contributed by atoms with van der Waals surface area (Å²) in [6.07, 6.45) is 4.09. The number of aromatic nitrogens is 2. The smallest absolute Gasteiger partial charge is 0.131 e. The summed E-state index contributed by atoms with van der Waals surface area (Å²) in [5.74, 6) is 1.47. The van der Waals surface area contributed by atoms with Crippen molar-refractivity contribution in [3.63, 3.8) is 0 Å². The van der Waals surface area contributed by atoms with Gasteiger partial charge in [0.05, 0.1) is 0 Å². The summed E-state index contributed by atoms with van der Waals surface area (Å²) in [7, 11) is 0. The van der Waals surface area contributed by atoms with Crippen LogP contribution in [0.2, 0.25) is 0 Å². The van der Waals surface area contributed by atoms with Crippen LogP contribution in [-0.2, 0) is 19.3 Å². The van der Waals surface area contributed by atoms with E-state index in [0.29, 0.717) is 5.92 Å². The Morgan fingerprint density at radius 3 is 1.90 bits per heavy atom. The van der Waals surface area contributed by atoms with E-state index in [1.165, 1.54) is 17.0 Å². The molecule has 3 heteroatoms. The average molecular weight is 291 g/mol. The number of aryl methyl sites for hydroxylation is 2. The van der Waals surface area contributed by atoms with E-state index in [1.54, 1.807) is 0 Å². The van der Waals surface area contributed by atoms with E-state index in [2.05, 4.69) is 53.8 Å².